The molecule has 0 aliphatic carbocycles. The number of aliphatic hydroxyl groups is 3. The Morgan fingerprint density at radius 3 is 2.27 bits per heavy atom. The molecule has 0 aromatic rings. The molecule has 1 saturated heterocycles. The van der Waals surface area contributed by atoms with Crippen molar-refractivity contribution < 1.29 is 24.6 Å². The first-order valence-corrected chi connectivity index (χ1v) is 5.47. The molecule has 0 radical (unpaired) electrons. The van der Waals surface area contributed by atoms with Gasteiger partial charge in [-0.15, -0.1) is 0 Å². The second-order valence-electron chi connectivity index (χ2n) is 4.19. The van der Waals surface area contributed by atoms with Gasteiger partial charge in [-0.25, -0.2) is 0 Å². The lowest BCUT2D eigenvalue weighted by Gasteiger charge is -2.42. The smallest absolute Gasteiger partial charge is 0.111 e. The average molecular weight is 238 g/mol. The molecule has 0 amide bonds. The minimum absolute atomic E-state index is 0.0640. The van der Waals surface area contributed by atoms with Crippen molar-refractivity contribution in [1.82, 2.24) is 0 Å². The van der Waals surface area contributed by atoms with Crippen LogP contribution in [-0.4, -0.2) is 52.4 Å². The summed E-state index contributed by atoms with van der Waals surface area (Å²) in [5.41, 5.74) is 0. The van der Waals surface area contributed by atoms with Crippen molar-refractivity contribution in [3.63, 3.8) is 0 Å². The molecule has 90 valence electrons. The van der Waals surface area contributed by atoms with Crippen LogP contribution in [-0.2, 0) is 9.26 Å². The number of hydrogen-bond acceptors (Lipinski definition) is 5. The van der Waals surface area contributed by atoms with Crippen LogP contribution in [0.25, 0.3) is 0 Å². The van der Waals surface area contributed by atoms with Gasteiger partial charge >= 0.3 is 0 Å². The zero-order valence-electron chi connectivity index (χ0n) is 8.91. The Morgan fingerprint density at radius 2 is 1.80 bits per heavy atom. The molecular formula is C9H19O5P. The van der Waals surface area contributed by atoms with E-state index in [9.17, 15) is 15.3 Å². The molecule has 5 nitrogen and oxygen atoms in total. The number of ether oxygens (including phenoxy) is 1. The van der Waals surface area contributed by atoms with Crippen molar-refractivity contribution >= 4 is 9.47 Å². The minimum atomic E-state index is -1.18. The maximum absolute atomic E-state index is 9.68. The van der Waals surface area contributed by atoms with Crippen LogP contribution in [0, 0.1) is 5.92 Å². The molecule has 1 unspecified atom stereocenters. The van der Waals surface area contributed by atoms with Crippen LogP contribution in [0.5, 0.6) is 0 Å². The lowest BCUT2D eigenvalue weighted by atomic mass is 9.90. The fourth-order valence-electron chi connectivity index (χ4n) is 1.76. The molecule has 0 bridgehead atoms. The Bertz CT molecular complexity index is 201. The predicted molar refractivity (Wildman–Crippen MR) is 57.2 cm³/mol. The van der Waals surface area contributed by atoms with Gasteiger partial charge in [0.05, 0.1) is 12.7 Å². The molecule has 1 aliphatic heterocycles. The molecule has 0 spiro atoms. The summed E-state index contributed by atoms with van der Waals surface area (Å²) in [6.07, 6.45) is -4.44. The molecule has 6 heteroatoms. The highest BCUT2D eigenvalue weighted by atomic mass is 31.0. The van der Waals surface area contributed by atoms with Crippen LogP contribution in [0.4, 0.5) is 0 Å². The molecule has 6 atom stereocenters. The van der Waals surface area contributed by atoms with Crippen LogP contribution in [0.15, 0.2) is 0 Å². The Hall–Kier alpha value is 0.230. The Labute approximate surface area is 91.7 Å². The van der Waals surface area contributed by atoms with E-state index < -0.39 is 30.5 Å². The number of aliphatic hydroxyl groups excluding tert-OH is 3. The molecule has 0 aromatic heterocycles. The minimum Gasteiger partial charge on any atom is -0.388 e. The zero-order chi connectivity index (χ0) is 11.6. The van der Waals surface area contributed by atoms with Gasteiger partial charge < -0.3 is 24.6 Å². The molecule has 1 rings (SSSR count). The van der Waals surface area contributed by atoms with Gasteiger partial charge in [0.2, 0.25) is 0 Å². The molecular weight excluding hydrogens is 219 g/mol. The van der Waals surface area contributed by atoms with Gasteiger partial charge in [-0.2, -0.15) is 0 Å². The van der Waals surface area contributed by atoms with Gasteiger partial charge in [0.15, 0.2) is 0 Å². The number of hydrogen-bond donors (Lipinski definition) is 3. The highest BCUT2D eigenvalue weighted by molar-refractivity contribution is 7.09. The Balaban J connectivity index is 2.71. The molecule has 3 N–H and O–H groups in total. The highest BCUT2D eigenvalue weighted by Crippen LogP contribution is 2.26. The topological polar surface area (TPSA) is 79.2 Å². The number of rotatable bonds is 3. The third-order valence-corrected chi connectivity index (χ3v) is 2.86. The summed E-state index contributed by atoms with van der Waals surface area (Å²) in [5, 5.41) is 28.9. The van der Waals surface area contributed by atoms with Gasteiger partial charge in [-0.05, 0) is 5.92 Å². The van der Waals surface area contributed by atoms with E-state index >= 15 is 0 Å². The van der Waals surface area contributed by atoms with Crippen molar-refractivity contribution in [3.05, 3.63) is 0 Å². The quantitative estimate of drug-likeness (QED) is 0.567. The van der Waals surface area contributed by atoms with E-state index in [4.69, 9.17) is 9.26 Å². The molecule has 1 fully saturated rings. The summed E-state index contributed by atoms with van der Waals surface area (Å²) in [4.78, 5) is 0. The first-order chi connectivity index (χ1) is 6.99. The first-order valence-electron chi connectivity index (χ1n) is 5.00. The summed E-state index contributed by atoms with van der Waals surface area (Å²) in [7, 11) is 2.06. The van der Waals surface area contributed by atoms with Crippen LogP contribution in [0.2, 0.25) is 0 Å². The summed E-state index contributed by atoms with van der Waals surface area (Å²) in [5.74, 6) is 0.0640. The third kappa shape index (κ3) is 2.87. The van der Waals surface area contributed by atoms with E-state index in [1.54, 1.807) is 0 Å². The Morgan fingerprint density at radius 1 is 1.20 bits per heavy atom. The monoisotopic (exact) mass is 238 g/mol. The summed E-state index contributed by atoms with van der Waals surface area (Å²) in [6, 6.07) is 0. The summed E-state index contributed by atoms with van der Waals surface area (Å²) < 4.78 is 10.3. The van der Waals surface area contributed by atoms with Gasteiger partial charge in [0, 0.05) is 9.47 Å². The van der Waals surface area contributed by atoms with E-state index in [1.807, 2.05) is 13.8 Å². The normalized spacial score (nSPS) is 42.2. The lowest BCUT2D eigenvalue weighted by molar-refractivity contribution is -0.236. The lowest BCUT2D eigenvalue weighted by Crippen LogP contribution is -2.59. The highest BCUT2D eigenvalue weighted by Gasteiger charge is 2.44. The van der Waals surface area contributed by atoms with E-state index in [0.29, 0.717) is 0 Å². The third-order valence-electron chi connectivity index (χ3n) is 2.67. The van der Waals surface area contributed by atoms with Crippen molar-refractivity contribution in [2.24, 2.45) is 5.92 Å². The second kappa shape index (κ2) is 5.53. The van der Waals surface area contributed by atoms with Crippen LogP contribution in [0.1, 0.15) is 13.8 Å². The van der Waals surface area contributed by atoms with Crippen LogP contribution in [0.3, 0.4) is 0 Å². The molecule has 1 aliphatic rings. The van der Waals surface area contributed by atoms with Gasteiger partial charge in [-0.1, -0.05) is 13.8 Å². The fourth-order valence-corrected chi connectivity index (χ4v) is 1.95. The van der Waals surface area contributed by atoms with Crippen molar-refractivity contribution in [2.75, 3.05) is 6.61 Å². The maximum atomic E-state index is 9.68. The molecule has 0 aromatic carbocycles. The second-order valence-corrected chi connectivity index (χ2v) is 4.52. The van der Waals surface area contributed by atoms with E-state index in [1.165, 1.54) is 0 Å². The van der Waals surface area contributed by atoms with E-state index in [0.717, 1.165) is 0 Å². The maximum Gasteiger partial charge on any atom is 0.111 e. The summed E-state index contributed by atoms with van der Waals surface area (Å²) >= 11 is 0. The molecule has 15 heavy (non-hydrogen) atoms. The zero-order valence-corrected chi connectivity index (χ0v) is 10.1. The SMILES string of the molecule is CC(C)[C@@H]1O[C@H](COP)[C@@H](O)[C@H](O)[C@H]1O. The Kier molecular flexibility index (Phi) is 4.90. The largest absolute Gasteiger partial charge is 0.388 e. The molecule has 0 saturated carbocycles. The fraction of sp³-hybridized carbons (Fsp3) is 1.00. The van der Waals surface area contributed by atoms with Gasteiger partial charge in [0.1, 0.15) is 24.4 Å². The van der Waals surface area contributed by atoms with Crippen LogP contribution < -0.4 is 0 Å². The van der Waals surface area contributed by atoms with E-state index in [2.05, 4.69) is 9.47 Å². The summed E-state index contributed by atoms with van der Waals surface area (Å²) in [6.45, 7) is 3.94. The van der Waals surface area contributed by atoms with Crippen LogP contribution >= 0.6 is 9.47 Å². The standard InChI is InChI=1S/C9H19O5P/c1-4(2)9-8(12)7(11)6(10)5(14-9)3-13-15/h4-12H,3,15H2,1-2H3/t5-,6-,7+,8-,9+/m1/s1. The van der Waals surface area contributed by atoms with Crippen molar-refractivity contribution in [3.8, 4) is 0 Å². The van der Waals surface area contributed by atoms with Gasteiger partial charge in [-0.3, -0.25) is 0 Å². The molecule has 1 heterocycles. The van der Waals surface area contributed by atoms with Gasteiger partial charge in [0.25, 0.3) is 0 Å². The predicted octanol–water partition coefficient (Wildman–Crippen LogP) is -0.701. The van der Waals surface area contributed by atoms with Crippen molar-refractivity contribution in [2.45, 2.75) is 44.4 Å². The first kappa shape index (κ1) is 13.3. The van der Waals surface area contributed by atoms with Crippen molar-refractivity contribution in [1.29, 1.82) is 0 Å². The van der Waals surface area contributed by atoms with E-state index in [-0.39, 0.29) is 12.5 Å². The average Bonchev–Trinajstić information content (AvgIpc) is 2.18.